The minimum Gasteiger partial charge on any atom is -0.339 e. The third-order valence-electron chi connectivity index (χ3n) is 4.10. The Morgan fingerprint density at radius 2 is 1.96 bits per heavy atom. The van der Waals surface area contributed by atoms with Crippen LogP contribution in [0.4, 0.5) is 21.6 Å². The van der Waals surface area contributed by atoms with Crippen molar-refractivity contribution >= 4 is 23.1 Å². The first-order valence-electron chi connectivity index (χ1n) is 7.95. The number of benzene rings is 2. The Labute approximate surface area is 144 Å². The van der Waals surface area contributed by atoms with E-state index in [4.69, 9.17) is 0 Å². The lowest BCUT2D eigenvalue weighted by molar-refractivity contribution is 0.0984. The minimum absolute atomic E-state index is 0.172. The smallest absolute Gasteiger partial charge is 0.278 e. The van der Waals surface area contributed by atoms with Gasteiger partial charge in [-0.2, -0.15) is 0 Å². The van der Waals surface area contributed by atoms with Crippen LogP contribution in [0.5, 0.6) is 0 Å². The number of carbonyl (C=O) groups excluding carboxylic acids is 1. The number of rotatable bonds is 3. The van der Waals surface area contributed by atoms with Crippen LogP contribution in [0.1, 0.15) is 16.1 Å². The molecular weight excluding hydrogens is 319 g/mol. The van der Waals surface area contributed by atoms with Crippen LogP contribution in [0.25, 0.3) is 0 Å². The van der Waals surface area contributed by atoms with E-state index in [1.165, 1.54) is 24.5 Å². The number of aromatic nitrogens is 2. The summed E-state index contributed by atoms with van der Waals surface area (Å²) in [4.78, 5) is 22.8. The van der Waals surface area contributed by atoms with Gasteiger partial charge in [0, 0.05) is 17.9 Å². The maximum Gasteiger partial charge on any atom is 0.278 e. The number of carbonyl (C=O) groups is 1. The van der Waals surface area contributed by atoms with Crippen molar-refractivity contribution in [1.29, 1.82) is 0 Å². The molecule has 0 radical (unpaired) electrons. The van der Waals surface area contributed by atoms with E-state index in [1.807, 2.05) is 24.3 Å². The van der Waals surface area contributed by atoms with Crippen LogP contribution in [0, 0.1) is 5.82 Å². The van der Waals surface area contributed by atoms with E-state index in [0.717, 1.165) is 17.7 Å². The van der Waals surface area contributed by atoms with Crippen molar-refractivity contribution in [3.63, 3.8) is 0 Å². The standard InChI is InChI=1S/C19H15FN4O/c20-14-5-3-6-15(10-14)23-18-12-21-16(11-22-18)19(25)24-9-8-13-4-1-2-7-17(13)24/h1-7,10-12H,8-9H2,(H,22,23). The average molecular weight is 334 g/mol. The molecule has 0 atom stereocenters. The molecule has 0 bridgehead atoms. The second kappa shape index (κ2) is 6.32. The predicted molar refractivity (Wildman–Crippen MR) is 93.5 cm³/mol. The Hall–Kier alpha value is -3.28. The highest BCUT2D eigenvalue weighted by atomic mass is 19.1. The van der Waals surface area contributed by atoms with Crippen molar-refractivity contribution in [3.8, 4) is 0 Å². The molecular formula is C19H15FN4O. The number of amides is 1. The van der Waals surface area contributed by atoms with Gasteiger partial charge in [-0.05, 0) is 36.2 Å². The minimum atomic E-state index is -0.336. The first-order chi connectivity index (χ1) is 12.2. The zero-order valence-corrected chi connectivity index (χ0v) is 13.3. The first kappa shape index (κ1) is 15.3. The molecule has 2 heterocycles. The molecule has 25 heavy (non-hydrogen) atoms. The van der Waals surface area contributed by atoms with Crippen molar-refractivity contribution < 1.29 is 9.18 Å². The van der Waals surface area contributed by atoms with Crippen molar-refractivity contribution in [2.24, 2.45) is 0 Å². The van der Waals surface area contributed by atoms with Crippen LogP contribution in [-0.4, -0.2) is 22.4 Å². The molecule has 0 aliphatic carbocycles. The zero-order chi connectivity index (χ0) is 17.2. The number of hydrogen-bond acceptors (Lipinski definition) is 4. The predicted octanol–water partition coefficient (Wildman–Crippen LogP) is 3.56. The van der Waals surface area contributed by atoms with Gasteiger partial charge in [0.05, 0.1) is 12.4 Å². The molecule has 124 valence electrons. The highest BCUT2D eigenvalue weighted by Gasteiger charge is 2.26. The number of anilines is 3. The summed E-state index contributed by atoms with van der Waals surface area (Å²) in [5.74, 6) is -0.0591. The number of halogens is 1. The number of nitrogens with one attached hydrogen (secondary N) is 1. The van der Waals surface area contributed by atoms with E-state index < -0.39 is 0 Å². The van der Waals surface area contributed by atoms with E-state index in [0.29, 0.717) is 18.1 Å². The fraction of sp³-hybridized carbons (Fsp3) is 0.105. The summed E-state index contributed by atoms with van der Waals surface area (Å²) in [5.41, 5.74) is 2.94. The molecule has 5 nitrogen and oxygen atoms in total. The summed E-state index contributed by atoms with van der Waals surface area (Å²) in [7, 11) is 0. The molecule has 1 aromatic heterocycles. The van der Waals surface area contributed by atoms with Crippen molar-refractivity contribution in [1.82, 2.24) is 9.97 Å². The van der Waals surface area contributed by atoms with E-state index >= 15 is 0 Å². The molecule has 0 unspecified atom stereocenters. The topological polar surface area (TPSA) is 58.1 Å². The van der Waals surface area contributed by atoms with E-state index in [9.17, 15) is 9.18 Å². The van der Waals surface area contributed by atoms with Crippen molar-refractivity contribution in [3.05, 3.63) is 78.0 Å². The summed E-state index contributed by atoms with van der Waals surface area (Å²) in [5, 5.41) is 2.96. The summed E-state index contributed by atoms with van der Waals surface area (Å²) in [6.45, 7) is 0.642. The monoisotopic (exact) mass is 334 g/mol. The van der Waals surface area contributed by atoms with Gasteiger partial charge < -0.3 is 10.2 Å². The first-order valence-corrected chi connectivity index (χ1v) is 7.95. The summed E-state index contributed by atoms with van der Waals surface area (Å²) < 4.78 is 13.2. The molecule has 1 N–H and O–H groups in total. The van der Waals surface area contributed by atoms with Crippen LogP contribution in [0.3, 0.4) is 0 Å². The quantitative estimate of drug-likeness (QED) is 0.796. The third-order valence-corrected chi connectivity index (χ3v) is 4.10. The fourth-order valence-corrected chi connectivity index (χ4v) is 2.90. The summed E-state index contributed by atoms with van der Waals surface area (Å²) in [6.07, 6.45) is 3.75. The largest absolute Gasteiger partial charge is 0.339 e. The second-order valence-electron chi connectivity index (χ2n) is 5.76. The zero-order valence-electron chi connectivity index (χ0n) is 13.3. The van der Waals surface area contributed by atoms with Crippen LogP contribution in [0.15, 0.2) is 60.9 Å². The molecule has 1 amide bonds. The van der Waals surface area contributed by atoms with Gasteiger partial charge in [0.2, 0.25) is 0 Å². The van der Waals surface area contributed by atoms with E-state index in [-0.39, 0.29) is 17.4 Å². The van der Waals surface area contributed by atoms with Gasteiger partial charge in [-0.3, -0.25) is 4.79 Å². The van der Waals surface area contributed by atoms with Gasteiger partial charge >= 0.3 is 0 Å². The Kier molecular flexibility index (Phi) is 3.85. The Bertz CT molecular complexity index is 927. The van der Waals surface area contributed by atoms with Gasteiger partial charge in [-0.25, -0.2) is 14.4 Å². The lowest BCUT2D eigenvalue weighted by Gasteiger charge is -2.16. The van der Waals surface area contributed by atoms with E-state index in [1.54, 1.807) is 17.0 Å². The van der Waals surface area contributed by atoms with Crippen LogP contribution >= 0.6 is 0 Å². The molecule has 0 spiro atoms. The lowest BCUT2D eigenvalue weighted by Crippen LogP contribution is -2.29. The molecule has 0 saturated carbocycles. The highest BCUT2D eigenvalue weighted by Crippen LogP contribution is 2.28. The summed E-state index contributed by atoms with van der Waals surface area (Å²) in [6, 6.07) is 13.9. The van der Waals surface area contributed by atoms with Crippen LogP contribution in [-0.2, 0) is 6.42 Å². The molecule has 6 heteroatoms. The number of hydrogen-bond donors (Lipinski definition) is 1. The highest BCUT2D eigenvalue weighted by molar-refractivity contribution is 6.05. The van der Waals surface area contributed by atoms with Crippen LogP contribution < -0.4 is 10.2 Å². The molecule has 1 aliphatic rings. The van der Waals surface area contributed by atoms with Crippen molar-refractivity contribution in [2.75, 3.05) is 16.8 Å². The normalized spacial score (nSPS) is 12.8. The Balaban J connectivity index is 1.52. The lowest BCUT2D eigenvalue weighted by atomic mass is 10.2. The van der Waals surface area contributed by atoms with Crippen LogP contribution in [0.2, 0.25) is 0 Å². The Morgan fingerprint density at radius 1 is 1.08 bits per heavy atom. The molecule has 0 saturated heterocycles. The second-order valence-corrected chi connectivity index (χ2v) is 5.76. The maximum absolute atomic E-state index is 13.2. The van der Waals surface area contributed by atoms with Gasteiger partial charge in [-0.15, -0.1) is 0 Å². The van der Waals surface area contributed by atoms with Gasteiger partial charge in [-0.1, -0.05) is 24.3 Å². The third kappa shape index (κ3) is 3.06. The summed E-state index contributed by atoms with van der Waals surface area (Å²) >= 11 is 0. The van der Waals surface area contributed by atoms with Gasteiger partial charge in [0.15, 0.2) is 0 Å². The van der Waals surface area contributed by atoms with Gasteiger partial charge in [0.1, 0.15) is 17.3 Å². The van der Waals surface area contributed by atoms with Crippen molar-refractivity contribution in [2.45, 2.75) is 6.42 Å². The number of para-hydroxylation sites is 1. The molecule has 4 rings (SSSR count). The van der Waals surface area contributed by atoms with E-state index in [2.05, 4.69) is 15.3 Å². The Morgan fingerprint density at radius 3 is 2.76 bits per heavy atom. The SMILES string of the molecule is O=C(c1cnc(Nc2cccc(F)c2)cn1)N1CCc2ccccc21. The average Bonchev–Trinajstić information content (AvgIpc) is 3.06. The molecule has 2 aromatic carbocycles. The number of nitrogens with zero attached hydrogens (tertiary/aromatic N) is 3. The van der Waals surface area contributed by atoms with Gasteiger partial charge in [0.25, 0.3) is 5.91 Å². The number of fused-ring (bicyclic) bond motifs is 1. The maximum atomic E-state index is 13.2. The molecule has 1 aliphatic heterocycles. The molecule has 0 fully saturated rings. The fourth-order valence-electron chi connectivity index (χ4n) is 2.90. The molecule has 3 aromatic rings.